The summed E-state index contributed by atoms with van der Waals surface area (Å²) in [4.78, 5) is 0. The first-order chi connectivity index (χ1) is 10.2. The largest absolute Gasteiger partial charge is 0.308 e. The van der Waals surface area contributed by atoms with Gasteiger partial charge in [-0.3, -0.25) is 4.68 Å². The van der Waals surface area contributed by atoms with Gasteiger partial charge in [-0.25, -0.2) is 0 Å². The second-order valence-corrected chi connectivity index (χ2v) is 5.73. The molecule has 1 aromatic heterocycles. The van der Waals surface area contributed by atoms with Crippen LogP contribution in [0.25, 0.3) is 0 Å². The summed E-state index contributed by atoms with van der Waals surface area (Å²) in [5, 5.41) is 8.93. The van der Waals surface area contributed by atoms with Crippen LogP contribution in [-0.2, 0) is 25.9 Å². The van der Waals surface area contributed by atoms with Crippen molar-refractivity contribution in [3.8, 4) is 0 Å². The van der Waals surface area contributed by atoms with Gasteiger partial charge in [0.05, 0.1) is 16.4 Å². The summed E-state index contributed by atoms with van der Waals surface area (Å²) in [7, 11) is 0. The van der Waals surface area contributed by atoms with Crippen molar-refractivity contribution in [2.24, 2.45) is 0 Å². The summed E-state index contributed by atoms with van der Waals surface area (Å²) in [5.74, 6) is 0. The highest BCUT2D eigenvalue weighted by Crippen LogP contribution is 2.21. The molecule has 1 N–H and O–H groups in total. The van der Waals surface area contributed by atoms with E-state index in [1.807, 2.05) is 10.7 Å². The van der Waals surface area contributed by atoms with E-state index in [4.69, 9.17) is 11.6 Å². The molecule has 0 aliphatic heterocycles. The fourth-order valence-corrected chi connectivity index (χ4v) is 2.83. The monoisotopic (exact) mass is 305 g/mol. The van der Waals surface area contributed by atoms with Crippen molar-refractivity contribution in [2.45, 2.75) is 52.7 Å². The predicted octanol–water partition coefficient (Wildman–Crippen LogP) is 3.84. The highest BCUT2D eigenvalue weighted by atomic mass is 35.5. The molecule has 0 radical (unpaired) electrons. The van der Waals surface area contributed by atoms with Crippen molar-refractivity contribution >= 4 is 11.6 Å². The number of nitrogens with one attached hydrogen (secondary N) is 1. The number of hydrogen-bond acceptors (Lipinski definition) is 2. The number of halogens is 1. The third-order valence-corrected chi connectivity index (χ3v) is 4.13. The van der Waals surface area contributed by atoms with Gasteiger partial charge in [0.25, 0.3) is 0 Å². The molecule has 0 amide bonds. The Morgan fingerprint density at radius 1 is 1.24 bits per heavy atom. The van der Waals surface area contributed by atoms with E-state index < -0.39 is 0 Å². The van der Waals surface area contributed by atoms with Gasteiger partial charge in [-0.15, -0.1) is 0 Å². The van der Waals surface area contributed by atoms with Gasteiger partial charge in [-0.2, -0.15) is 5.10 Å². The minimum Gasteiger partial charge on any atom is -0.308 e. The number of rotatable bonds is 7. The first-order valence-corrected chi connectivity index (χ1v) is 8.04. The summed E-state index contributed by atoms with van der Waals surface area (Å²) < 4.78 is 2.00. The van der Waals surface area contributed by atoms with Gasteiger partial charge in [0.1, 0.15) is 0 Å². The minimum atomic E-state index is 0.397. The molecule has 0 fully saturated rings. The van der Waals surface area contributed by atoms with Crippen LogP contribution in [0.3, 0.4) is 0 Å². The summed E-state index contributed by atoms with van der Waals surface area (Å²) in [6.45, 7) is 7.99. The van der Waals surface area contributed by atoms with Crippen LogP contribution in [0.1, 0.15) is 37.7 Å². The molecule has 2 aromatic rings. The lowest BCUT2D eigenvalue weighted by Gasteiger charge is -2.14. The average Bonchev–Trinajstić information content (AvgIpc) is 2.81. The number of benzene rings is 1. The summed E-state index contributed by atoms with van der Waals surface area (Å²) >= 11 is 6.43. The molecule has 0 spiro atoms. The highest BCUT2D eigenvalue weighted by Gasteiger charge is 2.14. The number of nitrogens with zero attached hydrogens (tertiary/aromatic N) is 2. The molecule has 114 valence electrons. The van der Waals surface area contributed by atoms with Gasteiger partial charge < -0.3 is 5.32 Å². The van der Waals surface area contributed by atoms with Gasteiger partial charge in [0.15, 0.2) is 0 Å². The van der Waals surface area contributed by atoms with Crippen LogP contribution in [0.4, 0.5) is 0 Å². The Hall–Kier alpha value is -1.32. The predicted molar refractivity (Wildman–Crippen MR) is 88.7 cm³/mol. The topological polar surface area (TPSA) is 29.9 Å². The number of aryl methyl sites for hydroxylation is 2. The zero-order valence-corrected chi connectivity index (χ0v) is 13.8. The van der Waals surface area contributed by atoms with Crippen LogP contribution in [0.15, 0.2) is 30.3 Å². The Bertz CT molecular complexity index is 563. The van der Waals surface area contributed by atoms with E-state index in [2.05, 4.69) is 55.5 Å². The second kappa shape index (κ2) is 7.62. The van der Waals surface area contributed by atoms with Crippen molar-refractivity contribution < 1.29 is 0 Å². The quantitative estimate of drug-likeness (QED) is 0.842. The van der Waals surface area contributed by atoms with E-state index in [0.717, 1.165) is 42.3 Å². The Morgan fingerprint density at radius 2 is 1.95 bits per heavy atom. The maximum Gasteiger partial charge on any atom is 0.0863 e. The smallest absolute Gasteiger partial charge is 0.0863 e. The molecular weight excluding hydrogens is 282 g/mol. The fourth-order valence-electron chi connectivity index (χ4n) is 2.50. The molecule has 3 nitrogen and oxygen atoms in total. The van der Waals surface area contributed by atoms with E-state index in [9.17, 15) is 0 Å². The van der Waals surface area contributed by atoms with Crippen molar-refractivity contribution in [3.05, 3.63) is 52.3 Å². The molecule has 0 aliphatic carbocycles. The molecular formula is C17H24ClN3. The lowest BCUT2D eigenvalue weighted by molar-refractivity contribution is 0.513. The van der Waals surface area contributed by atoms with Crippen molar-refractivity contribution in [1.29, 1.82) is 0 Å². The molecule has 21 heavy (non-hydrogen) atoms. The van der Waals surface area contributed by atoms with Gasteiger partial charge in [-0.05, 0) is 32.3 Å². The van der Waals surface area contributed by atoms with Gasteiger partial charge in [0, 0.05) is 19.1 Å². The lowest BCUT2D eigenvalue weighted by atomic mass is 10.1. The van der Waals surface area contributed by atoms with Gasteiger partial charge >= 0.3 is 0 Å². The first-order valence-electron chi connectivity index (χ1n) is 7.67. The van der Waals surface area contributed by atoms with Gasteiger partial charge in [-0.1, -0.05) is 48.9 Å². The van der Waals surface area contributed by atoms with Crippen molar-refractivity contribution in [2.75, 3.05) is 0 Å². The molecule has 0 saturated carbocycles. The Labute approximate surface area is 132 Å². The molecule has 4 heteroatoms. The van der Waals surface area contributed by atoms with E-state index >= 15 is 0 Å². The van der Waals surface area contributed by atoms with Crippen LogP contribution in [-0.4, -0.2) is 15.8 Å². The van der Waals surface area contributed by atoms with Crippen LogP contribution in [0.5, 0.6) is 0 Å². The van der Waals surface area contributed by atoms with Crippen LogP contribution >= 0.6 is 11.6 Å². The zero-order valence-electron chi connectivity index (χ0n) is 13.1. The van der Waals surface area contributed by atoms with E-state index in [-0.39, 0.29) is 0 Å². The average molecular weight is 306 g/mol. The third kappa shape index (κ3) is 4.08. The molecule has 0 saturated heterocycles. The van der Waals surface area contributed by atoms with Gasteiger partial charge in [0.2, 0.25) is 0 Å². The number of hydrogen-bond donors (Lipinski definition) is 1. The lowest BCUT2D eigenvalue weighted by Crippen LogP contribution is -2.28. The zero-order chi connectivity index (χ0) is 15.2. The normalized spacial score (nSPS) is 12.6. The van der Waals surface area contributed by atoms with Crippen LogP contribution in [0.2, 0.25) is 5.02 Å². The molecule has 1 aromatic carbocycles. The maximum atomic E-state index is 6.43. The van der Waals surface area contributed by atoms with E-state index in [0.29, 0.717) is 6.04 Å². The summed E-state index contributed by atoms with van der Waals surface area (Å²) in [6, 6.07) is 10.9. The van der Waals surface area contributed by atoms with Crippen LogP contribution < -0.4 is 5.32 Å². The molecule has 1 heterocycles. The summed E-state index contributed by atoms with van der Waals surface area (Å²) in [6.07, 6.45) is 1.89. The maximum absolute atomic E-state index is 6.43. The SMILES string of the molecule is CCc1nn(CC)c(CNC(C)Cc2ccccc2)c1Cl. The number of aromatic nitrogens is 2. The van der Waals surface area contributed by atoms with E-state index in [1.54, 1.807) is 0 Å². The molecule has 1 atom stereocenters. The molecule has 1 unspecified atom stereocenters. The molecule has 0 aliphatic rings. The minimum absolute atomic E-state index is 0.397. The van der Waals surface area contributed by atoms with Crippen molar-refractivity contribution in [3.63, 3.8) is 0 Å². The second-order valence-electron chi connectivity index (χ2n) is 5.35. The molecule has 0 bridgehead atoms. The standard InChI is InChI=1S/C17H24ClN3/c1-4-15-17(18)16(21(5-2)20-15)12-19-13(3)11-14-9-7-6-8-10-14/h6-10,13,19H,4-5,11-12H2,1-3H3. The Kier molecular flexibility index (Phi) is 5.83. The Balaban J connectivity index is 1.98. The Morgan fingerprint density at radius 3 is 2.57 bits per heavy atom. The fraction of sp³-hybridized carbons (Fsp3) is 0.471. The third-order valence-electron chi connectivity index (χ3n) is 3.70. The van der Waals surface area contributed by atoms with Crippen LogP contribution in [0, 0.1) is 0 Å². The van der Waals surface area contributed by atoms with Crippen molar-refractivity contribution in [1.82, 2.24) is 15.1 Å². The molecule has 2 rings (SSSR count). The first kappa shape index (κ1) is 16.1. The van der Waals surface area contributed by atoms with E-state index in [1.165, 1.54) is 5.56 Å². The highest BCUT2D eigenvalue weighted by molar-refractivity contribution is 6.31. The summed E-state index contributed by atoms with van der Waals surface area (Å²) in [5.41, 5.74) is 3.43.